The minimum absolute atomic E-state index is 0.0733. The fraction of sp³-hybridized carbons (Fsp3) is 0.500. The van der Waals surface area contributed by atoms with Gasteiger partial charge >= 0.3 is 0 Å². The van der Waals surface area contributed by atoms with E-state index in [1.807, 2.05) is 29.2 Å². The van der Waals surface area contributed by atoms with E-state index in [0.29, 0.717) is 26.3 Å². The lowest BCUT2D eigenvalue weighted by atomic mass is 10.1. The van der Waals surface area contributed by atoms with E-state index in [1.165, 1.54) is 0 Å². The Morgan fingerprint density at radius 1 is 1.26 bits per heavy atom. The third-order valence-corrected chi connectivity index (χ3v) is 3.50. The summed E-state index contributed by atoms with van der Waals surface area (Å²) in [6.07, 6.45) is -0.437. The van der Waals surface area contributed by atoms with Crippen LogP contribution in [0.25, 0.3) is 0 Å². The van der Waals surface area contributed by atoms with Crippen LogP contribution in [0.4, 0.5) is 0 Å². The molecule has 0 aromatic heterocycles. The van der Waals surface area contributed by atoms with E-state index in [1.54, 1.807) is 7.11 Å². The summed E-state index contributed by atoms with van der Waals surface area (Å²) in [4.78, 5) is 14.0. The van der Waals surface area contributed by atoms with Crippen LogP contribution in [-0.4, -0.2) is 50.3 Å². The second-order valence-corrected chi connectivity index (χ2v) is 4.69. The molecule has 2 aliphatic rings. The quantitative estimate of drug-likeness (QED) is 0.763. The number of methoxy groups -OCH3 is 1. The predicted molar refractivity (Wildman–Crippen MR) is 68.0 cm³/mol. The van der Waals surface area contributed by atoms with Gasteiger partial charge in [-0.3, -0.25) is 4.79 Å². The highest BCUT2D eigenvalue weighted by Gasteiger charge is 2.48. The van der Waals surface area contributed by atoms with E-state index < -0.39 is 0 Å². The molecule has 0 spiro atoms. The molecule has 3 rings (SSSR count). The summed E-state index contributed by atoms with van der Waals surface area (Å²) in [5.41, 5.74) is 1.02. The number of carbonyl (C=O) groups is 1. The molecule has 2 saturated heterocycles. The van der Waals surface area contributed by atoms with E-state index in [2.05, 4.69) is 0 Å². The zero-order valence-electron chi connectivity index (χ0n) is 10.9. The van der Waals surface area contributed by atoms with Gasteiger partial charge in [0, 0.05) is 13.1 Å². The Hall–Kier alpha value is -1.59. The third kappa shape index (κ3) is 2.57. The molecule has 0 radical (unpaired) electrons. The molecule has 1 aromatic rings. The minimum Gasteiger partial charge on any atom is -0.497 e. The lowest BCUT2D eigenvalue weighted by Crippen LogP contribution is -2.42. The molecule has 19 heavy (non-hydrogen) atoms. The number of morpholine rings is 1. The van der Waals surface area contributed by atoms with Crippen molar-refractivity contribution in [3.8, 4) is 5.75 Å². The summed E-state index contributed by atoms with van der Waals surface area (Å²) < 4.78 is 15.9. The van der Waals surface area contributed by atoms with Crippen molar-refractivity contribution < 1.29 is 19.0 Å². The van der Waals surface area contributed by atoms with Gasteiger partial charge in [0.15, 0.2) is 6.10 Å². The second-order valence-electron chi connectivity index (χ2n) is 4.69. The van der Waals surface area contributed by atoms with Gasteiger partial charge in [-0.1, -0.05) is 12.1 Å². The molecule has 2 heterocycles. The Morgan fingerprint density at radius 2 is 1.95 bits per heavy atom. The monoisotopic (exact) mass is 263 g/mol. The number of hydrogen-bond donors (Lipinski definition) is 0. The topological polar surface area (TPSA) is 51.3 Å². The molecule has 5 nitrogen and oxygen atoms in total. The highest BCUT2D eigenvalue weighted by molar-refractivity contribution is 5.84. The number of rotatable bonds is 3. The van der Waals surface area contributed by atoms with Gasteiger partial charge in [-0.15, -0.1) is 0 Å². The highest BCUT2D eigenvalue weighted by atomic mass is 16.6. The average Bonchev–Trinajstić information content (AvgIpc) is 3.28. The van der Waals surface area contributed by atoms with Crippen LogP contribution in [0.15, 0.2) is 24.3 Å². The normalized spacial score (nSPS) is 26.1. The Kier molecular flexibility index (Phi) is 3.40. The van der Waals surface area contributed by atoms with Crippen LogP contribution < -0.4 is 4.74 Å². The minimum atomic E-state index is -0.327. The van der Waals surface area contributed by atoms with Crippen molar-refractivity contribution in [3.05, 3.63) is 29.8 Å². The fourth-order valence-electron chi connectivity index (χ4n) is 2.31. The van der Waals surface area contributed by atoms with Crippen molar-refractivity contribution in [1.82, 2.24) is 4.90 Å². The number of hydrogen-bond acceptors (Lipinski definition) is 4. The Labute approximate surface area is 112 Å². The molecular formula is C14H17NO4. The van der Waals surface area contributed by atoms with Gasteiger partial charge in [0.2, 0.25) is 0 Å². The maximum absolute atomic E-state index is 12.2. The van der Waals surface area contributed by atoms with Gasteiger partial charge in [0.25, 0.3) is 5.91 Å². The standard InChI is InChI=1S/C14H17NO4/c1-17-11-4-2-10(3-5-11)12-13(19-12)14(16)15-6-8-18-9-7-15/h2-5,12-13H,6-9H2,1H3/t12-,13+/m0/s1. The van der Waals surface area contributed by atoms with Crippen molar-refractivity contribution in [3.63, 3.8) is 0 Å². The second kappa shape index (κ2) is 5.19. The number of benzene rings is 1. The van der Waals surface area contributed by atoms with Crippen LogP contribution in [-0.2, 0) is 14.3 Å². The number of epoxide rings is 1. The molecule has 5 heteroatoms. The summed E-state index contributed by atoms with van der Waals surface area (Å²) in [6, 6.07) is 7.65. The summed E-state index contributed by atoms with van der Waals surface area (Å²) in [5, 5.41) is 0. The molecule has 102 valence electrons. The maximum atomic E-state index is 12.2. The predicted octanol–water partition coefficient (Wildman–Crippen LogP) is 0.994. The van der Waals surface area contributed by atoms with Crippen LogP contribution >= 0.6 is 0 Å². The number of amides is 1. The van der Waals surface area contributed by atoms with Gasteiger partial charge in [-0.2, -0.15) is 0 Å². The van der Waals surface area contributed by atoms with Gasteiger partial charge in [0.1, 0.15) is 11.9 Å². The molecule has 1 aromatic carbocycles. The van der Waals surface area contributed by atoms with Crippen LogP contribution in [0.3, 0.4) is 0 Å². The van der Waals surface area contributed by atoms with Gasteiger partial charge in [-0.05, 0) is 17.7 Å². The molecule has 2 aliphatic heterocycles. The van der Waals surface area contributed by atoms with Crippen LogP contribution in [0, 0.1) is 0 Å². The smallest absolute Gasteiger partial charge is 0.254 e. The van der Waals surface area contributed by atoms with Crippen molar-refractivity contribution in [1.29, 1.82) is 0 Å². The number of ether oxygens (including phenoxy) is 3. The Bertz CT molecular complexity index is 453. The van der Waals surface area contributed by atoms with E-state index in [4.69, 9.17) is 14.2 Å². The largest absolute Gasteiger partial charge is 0.497 e. The first-order valence-electron chi connectivity index (χ1n) is 6.45. The van der Waals surface area contributed by atoms with Crippen molar-refractivity contribution in [2.24, 2.45) is 0 Å². The summed E-state index contributed by atoms with van der Waals surface area (Å²) in [7, 11) is 1.63. The first kappa shape index (κ1) is 12.4. The van der Waals surface area contributed by atoms with E-state index in [0.717, 1.165) is 11.3 Å². The van der Waals surface area contributed by atoms with E-state index in [-0.39, 0.29) is 18.1 Å². The Morgan fingerprint density at radius 3 is 2.58 bits per heavy atom. The SMILES string of the molecule is COc1ccc([C@@H]2O[C@H]2C(=O)N2CCOCC2)cc1. The van der Waals surface area contributed by atoms with Gasteiger partial charge in [0.05, 0.1) is 20.3 Å². The first-order valence-corrected chi connectivity index (χ1v) is 6.45. The van der Waals surface area contributed by atoms with E-state index >= 15 is 0 Å². The number of carbonyl (C=O) groups excluding carboxylic acids is 1. The van der Waals surface area contributed by atoms with Gasteiger partial charge < -0.3 is 19.1 Å². The third-order valence-electron chi connectivity index (χ3n) is 3.50. The molecule has 2 fully saturated rings. The zero-order valence-corrected chi connectivity index (χ0v) is 10.9. The van der Waals surface area contributed by atoms with Crippen LogP contribution in [0.1, 0.15) is 11.7 Å². The zero-order chi connectivity index (χ0) is 13.2. The van der Waals surface area contributed by atoms with Gasteiger partial charge in [-0.25, -0.2) is 0 Å². The summed E-state index contributed by atoms with van der Waals surface area (Å²) in [6.45, 7) is 2.55. The molecule has 2 atom stereocenters. The first-order chi connectivity index (χ1) is 9.29. The van der Waals surface area contributed by atoms with Crippen LogP contribution in [0.5, 0.6) is 5.75 Å². The number of nitrogens with zero attached hydrogens (tertiary/aromatic N) is 1. The molecular weight excluding hydrogens is 246 g/mol. The maximum Gasteiger partial charge on any atom is 0.254 e. The van der Waals surface area contributed by atoms with E-state index in [9.17, 15) is 4.79 Å². The molecule has 1 amide bonds. The molecule has 0 aliphatic carbocycles. The highest BCUT2D eigenvalue weighted by Crippen LogP contribution is 2.40. The molecule has 0 bridgehead atoms. The summed E-state index contributed by atoms with van der Waals surface area (Å²) >= 11 is 0. The van der Waals surface area contributed by atoms with Crippen molar-refractivity contribution >= 4 is 5.91 Å². The average molecular weight is 263 g/mol. The summed E-state index contributed by atoms with van der Waals surface area (Å²) in [5.74, 6) is 0.879. The lowest BCUT2D eigenvalue weighted by Gasteiger charge is -2.26. The van der Waals surface area contributed by atoms with Crippen molar-refractivity contribution in [2.45, 2.75) is 12.2 Å². The molecule has 0 saturated carbocycles. The molecule has 0 N–H and O–H groups in total. The Balaban J connectivity index is 1.61. The van der Waals surface area contributed by atoms with Crippen LogP contribution in [0.2, 0.25) is 0 Å². The lowest BCUT2D eigenvalue weighted by molar-refractivity contribution is -0.136. The molecule has 0 unspecified atom stereocenters. The van der Waals surface area contributed by atoms with Crippen molar-refractivity contribution in [2.75, 3.05) is 33.4 Å². The fourth-order valence-corrected chi connectivity index (χ4v) is 2.31.